The van der Waals surface area contributed by atoms with E-state index >= 15 is 0 Å². The van der Waals surface area contributed by atoms with Crippen molar-refractivity contribution < 1.29 is 18.5 Å². The standard InChI is InChI=1S/C20H22N4O4S/c1-13-3-5-15(6-4-13)20-22-16(10-27-20)7-8-21-18(25)11-29-12-19(26)23-17-9-14(2)28-24-17/h3-6,9-10H,7-8,11-12H2,1-2H3,(H,21,25)(H,23,24,26). The molecule has 0 atom stereocenters. The molecule has 29 heavy (non-hydrogen) atoms. The number of hydrogen-bond acceptors (Lipinski definition) is 7. The first-order valence-corrected chi connectivity index (χ1v) is 10.2. The number of rotatable bonds is 9. The molecule has 0 aliphatic heterocycles. The number of carbonyl (C=O) groups is 2. The highest BCUT2D eigenvalue weighted by atomic mass is 32.2. The van der Waals surface area contributed by atoms with E-state index in [0.29, 0.717) is 30.4 Å². The number of amides is 2. The molecule has 0 aliphatic carbocycles. The Hall–Kier alpha value is -3.07. The number of aryl methyl sites for hydroxylation is 2. The molecule has 1 aromatic carbocycles. The Labute approximate surface area is 172 Å². The minimum atomic E-state index is -0.234. The van der Waals surface area contributed by atoms with Crippen molar-refractivity contribution in [3.05, 3.63) is 53.6 Å². The second-order valence-corrected chi connectivity index (χ2v) is 7.46. The van der Waals surface area contributed by atoms with Crippen LogP contribution >= 0.6 is 11.8 Å². The van der Waals surface area contributed by atoms with E-state index in [1.807, 2.05) is 31.2 Å². The summed E-state index contributed by atoms with van der Waals surface area (Å²) in [6.45, 7) is 4.21. The summed E-state index contributed by atoms with van der Waals surface area (Å²) in [6, 6.07) is 9.56. The summed E-state index contributed by atoms with van der Waals surface area (Å²) in [7, 11) is 0. The molecule has 0 spiro atoms. The first kappa shape index (κ1) is 20.7. The molecule has 2 aromatic heterocycles. The molecule has 0 saturated carbocycles. The Kier molecular flexibility index (Phi) is 7.07. The Balaban J connectivity index is 1.33. The summed E-state index contributed by atoms with van der Waals surface area (Å²) in [6.07, 6.45) is 2.17. The fourth-order valence-electron chi connectivity index (χ4n) is 2.47. The van der Waals surface area contributed by atoms with Gasteiger partial charge >= 0.3 is 0 Å². The average molecular weight is 414 g/mol. The molecule has 9 heteroatoms. The Morgan fingerprint density at radius 2 is 1.86 bits per heavy atom. The zero-order valence-electron chi connectivity index (χ0n) is 16.2. The Morgan fingerprint density at radius 1 is 1.10 bits per heavy atom. The van der Waals surface area contributed by atoms with Gasteiger partial charge in [-0.15, -0.1) is 11.8 Å². The molecule has 3 aromatic rings. The van der Waals surface area contributed by atoms with E-state index in [1.54, 1.807) is 19.3 Å². The van der Waals surface area contributed by atoms with E-state index in [2.05, 4.69) is 20.8 Å². The lowest BCUT2D eigenvalue weighted by atomic mass is 10.1. The molecule has 152 valence electrons. The number of thioether (sulfide) groups is 1. The van der Waals surface area contributed by atoms with Crippen LogP contribution in [0, 0.1) is 13.8 Å². The number of hydrogen-bond donors (Lipinski definition) is 2. The van der Waals surface area contributed by atoms with Crippen molar-refractivity contribution in [1.82, 2.24) is 15.5 Å². The van der Waals surface area contributed by atoms with Gasteiger partial charge in [-0.2, -0.15) is 0 Å². The molecule has 8 nitrogen and oxygen atoms in total. The van der Waals surface area contributed by atoms with E-state index in [9.17, 15) is 9.59 Å². The van der Waals surface area contributed by atoms with Crippen LogP contribution in [0.25, 0.3) is 11.5 Å². The smallest absolute Gasteiger partial charge is 0.235 e. The van der Waals surface area contributed by atoms with Crippen LogP contribution in [0.2, 0.25) is 0 Å². The van der Waals surface area contributed by atoms with Gasteiger partial charge in [0.1, 0.15) is 12.0 Å². The Bertz CT molecular complexity index is 965. The maximum Gasteiger partial charge on any atom is 0.235 e. The molecular formula is C20H22N4O4S. The van der Waals surface area contributed by atoms with Crippen molar-refractivity contribution in [1.29, 1.82) is 0 Å². The molecule has 2 heterocycles. The third kappa shape index (κ3) is 6.49. The lowest BCUT2D eigenvalue weighted by Crippen LogP contribution is -2.28. The number of anilines is 1. The molecule has 0 bridgehead atoms. The molecule has 0 aliphatic rings. The van der Waals surface area contributed by atoms with Gasteiger partial charge in [0.25, 0.3) is 0 Å². The first-order chi connectivity index (χ1) is 14.0. The number of aromatic nitrogens is 2. The number of benzene rings is 1. The lowest BCUT2D eigenvalue weighted by Gasteiger charge is -2.04. The van der Waals surface area contributed by atoms with Crippen LogP contribution in [-0.4, -0.2) is 40.0 Å². The number of carbonyl (C=O) groups excluding carboxylic acids is 2. The summed E-state index contributed by atoms with van der Waals surface area (Å²) in [5.74, 6) is 1.53. The van der Waals surface area contributed by atoms with E-state index in [1.165, 1.54) is 17.3 Å². The fourth-order valence-corrected chi connectivity index (χ4v) is 3.12. The second kappa shape index (κ2) is 9.92. The predicted octanol–water partition coefficient (Wildman–Crippen LogP) is 2.98. The molecule has 2 N–H and O–H groups in total. The summed E-state index contributed by atoms with van der Waals surface area (Å²) in [5.41, 5.74) is 2.86. The highest BCUT2D eigenvalue weighted by Crippen LogP contribution is 2.19. The van der Waals surface area contributed by atoms with E-state index in [0.717, 1.165) is 11.3 Å². The number of nitrogens with one attached hydrogen (secondary N) is 2. The topological polar surface area (TPSA) is 110 Å². The van der Waals surface area contributed by atoms with Gasteiger partial charge < -0.3 is 19.6 Å². The third-order valence-electron chi connectivity index (χ3n) is 3.92. The van der Waals surface area contributed by atoms with Crippen molar-refractivity contribution >= 4 is 29.4 Å². The van der Waals surface area contributed by atoms with Crippen LogP contribution in [-0.2, 0) is 16.0 Å². The molecular weight excluding hydrogens is 392 g/mol. The molecule has 0 fully saturated rings. The fraction of sp³-hybridized carbons (Fsp3) is 0.300. The number of nitrogens with zero attached hydrogens (tertiary/aromatic N) is 2. The molecule has 2 amide bonds. The van der Waals surface area contributed by atoms with Gasteiger partial charge in [0.15, 0.2) is 5.82 Å². The SMILES string of the molecule is Cc1ccc(-c2nc(CCNC(=O)CSCC(=O)Nc3cc(C)on3)co2)cc1. The van der Waals surface area contributed by atoms with Gasteiger partial charge in [0.2, 0.25) is 17.7 Å². The van der Waals surface area contributed by atoms with Crippen molar-refractivity contribution in [2.24, 2.45) is 0 Å². The summed E-state index contributed by atoms with van der Waals surface area (Å²) in [5, 5.41) is 9.10. The van der Waals surface area contributed by atoms with Crippen LogP contribution in [0.4, 0.5) is 5.82 Å². The van der Waals surface area contributed by atoms with Crippen LogP contribution in [0.15, 0.2) is 45.5 Å². The van der Waals surface area contributed by atoms with Gasteiger partial charge in [-0.25, -0.2) is 4.98 Å². The third-order valence-corrected chi connectivity index (χ3v) is 4.85. The van der Waals surface area contributed by atoms with E-state index < -0.39 is 0 Å². The second-order valence-electron chi connectivity index (χ2n) is 6.47. The van der Waals surface area contributed by atoms with E-state index in [4.69, 9.17) is 8.94 Å². The van der Waals surface area contributed by atoms with Gasteiger partial charge in [-0.1, -0.05) is 22.9 Å². The van der Waals surface area contributed by atoms with Crippen molar-refractivity contribution in [3.8, 4) is 11.5 Å². The van der Waals surface area contributed by atoms with Gasteiger partial charge in [-0.3, -0.25) is 9.59 Å². The largest absolute Gasteiger partial charge is 0.444 e. The number of oxazole rings is 1. The zero-order chi connectivity index (χ0) is 20.6. The minimum absolute atomic E-state index is 0.137. The normalized spacial score (nSPS) is 10.7. The van der Waals surface area contributed by atoms with Crippen molar-refractivity contribution in [3.63, 3.8) is 0 Å². The average Bonchev–Trinajstić information content (AvgIpc) is 3.31. The summed E-state index contributed by atoms with van der Waals surface area (Å²) < 4.78 is 10.4. The van der Waals surface area contributed by atoms with Crippen LogP contribution in [0.3, 0.4) is 0 Å². The van der Waals surface area contributed by atoms with Crippen LogP contribution in [0.1, 0.15) is 17.0 Å². The highest BCUT2D eigenvalue weighted by Gasteiger charge is 2.10. The van der Waals surface area contributed by atoms with Gasteiger partial charge in [-0.05, 0) is 26.0 Å². The minimum Gasteiger partial charge on any atom is -0.444 e. The molecule has 0 unspecified atom stereocenters. The lowest BCUT2D eigenvalue weighted by molar-refractivity contribution is -0.118. The highest BCUT2D eigenvalue weighted by molar-refractivity contribution is 8.00. The monoisotopic (exact) mass is 414 g/mol. The maximum absolute atomic E-state index is 11.9. The van der Waals surface area contributed by atoms with E-state index in [-0.39, 0.29) is 23.3 Å². The first-order valence-electron chi connectivity index (χ1n) is 9.08. The maximum atomic E-state index is 11.9. The molecule has 0 radical (unpaired) electrons. The van der Waals surface area contributed by atoms with Gasteiger partial charge in [0, 0.05) is 24.6 Å². The van der Waals surface area contributed by atoms with Gasteiger partial charge in [0.05, 0.1) is 17.2 Å². The molecule has 3 rings (SSSR count). The zero-order valence-corrected chi connectivity index (χ0v) is 17.0. The van der Waals surface area contributed by atoms with Crippen LogP contribution in [0.5, 0.6) is 0 Å². The summed E-state index contributed by atoms with van der Waals surface area (Å²) >= 11 is 1.23. The Morgan fingerprint density at radius 3 is 2.59 bits per heavy atom. The predicted molar refractivity (Wildman–Crippen MR) is 111 cm³/mol. The van der Waals surface area contributed by atoms with Crippen molar-refractivity contribution in [2.75, 3.05) is 23.4 Å². The summed E-state index contributed by atoms with van der Waals surface area (Å²) in [4.78, 5) is 28.1. The van der Waals surface area contributed by atoms with Crippen molar-refractivity contribution in [2.45, 2.75) is 20.3 Å². The molecule has 0 saturated heterocycles. The quantitative estimate of drug-likeness (QED) is 0.554. The van der Waals surface area contributed by atoms with Crippen LogP contribution < -0.4 is 10.6 Å².